The molecule has 0 N–H and O–H groups in total. The highest BCUT2D eigenvalue weighted by Crippen LogP contribution is 2.36. The number of methoxy groups -OCH3 is 2. The molecule has 0 bridgehead atoms. The van der Waals surface area contributed by atoms with Crippen molar-refractivity contribution >= 4 is 5.91 Å². The van der Waals surface area contributed by atoms with Gasteiger partial charge in [-0.3, -0.25) is 4.79 Å². The van der Waals surface area contributed by atoms with Crippen LogP contribution in [-0.2, 0) is 13.0 Å². The van der Waals surface area contributed by atoms with E-state index in [0.29, 0.717) is 29.9 Å². The van der Waals surface area contributed by atoms with Gasteiger partial charge in [0, 0.05) is 18.7 Å². The van der Waals surface area contributed by atoms with E-state index in [1.807, 2.05) is 43.0 Å². The number of amides is 1. The molecule has 6 nitrogen and oxygen atoms in total. The molecule has 1 aliphatic rings. The molecule has 3 aromatic rings. The van der Waals surface area contributed by atoms with Crippen LogP contribution in [0.25, 0.3) is 0 Å². The van der Waals surface area contributed by atoms with E-state index in [1.54, 1.807) is 26.4 Å². The maximum Gasteiger partial charge on any atom is 0.290 e. The zero-order valence-electron chi connectivity index (χ0n) is 20.1. The zero-order chi connectivity index (χ0) is 23.7. The highest BCUT2D eigenvalue weighted by Gasteiger charge is 2.30. The smallest absolute Gasteiger partial charge is 0.290 e. The third kappa shape index (κ3) is 4.56. The second kappa shape index (κ2) is 9.22. The first-order valence-corrected chi connectivity index (χ1v) is 11.2. The number of hydrogen-bond acceptors (Lipinski definition) is 5. The molecule has 1 aromatic heterocycles. The van der Waals surface area contributed by atoms with Crippen LogP contribution in [0.3, 0.4) is 0 Å². The van der Waals surface area contributed by atoms with Crippen molar-refractivity contribution in [2.24, 2.45) is 0 Å². The van der Waals surface area contributed by atoms with Crippen LogP contribution in [0.4, 0.5) is 0 Å². The maximum atomic E-state index is 13.3. The lowest BCUT2D eigenvalue weighted by Gasteiger charge is -2.34. The van der Waals surface area contributed by atoms with Crippen LogP contribution in [0.15, 0.2) is 46.9 Å². The molecule has 1 aliphatic heterocycles. The lowest BCUT2D eigenvalue weighted by Crippen LogP contribution is -2.42. The molecule has 0 spiro atoms. The molecule has 2 heterocycles. The number of carbonyl (C=O) groups excluding carboxylic acids is 1. The Morgan fingerprint density at radius 3 is 2.36 bits per heavy atom. The van der Waals surface area contributed by atoms with Gasteiger partial charge in [-0.15, -0.1) is 0 Å². The summed E-state index contributed by atoms with van der Waals surface area (Å²) in [7, 11) is 3.24. The van der Waals surface area contributed by atoms with Gasteiger partial charge in [0.2, 0.25) is 0 Å². The van der Waals surface area contributed by atoms with E-state index in [-0.39, 0.29) is 17.7 Å². The standard InChI is InChI=1S/C27H31NO5/c1-16(2)19-8-7-17(3)23(12-19)33-26-10-9-22(32-26)27(29)28-15-21-14-25(31-6)24(30-5)13-20(21)11-18(28)4/h7-10,12-14,16,18H,11,15H2,1-6H3. The topological polar surface area (TPSA) is 61.1 Å². The van der Waals surface area contributed by atoms with Crippen molar-refractivity contribution in [3.8, 4) is 23.2 Å². The van der Waals surface area contributed by atoms with Crippen LogP contribution < -0.4 is 14.2 Å². The summed E-state index contributed by atoms with van der Waals surface area (Å²) >= 11 is 0. The molecule has 2 aromatic carbocycles. The van der Waals surface area contributed by atoms with Crippen molar-refractivity contribution < 1.29 is 23.4 Å². The number of ether oxygens (including phenoxy) is 3. The number of rotatable bonds is 6. The van der Waals surface area contributed by atoms with Gasteiger partial charge in [-0.2, -0.15) is 0 Å². The molecule has 0 fully saturated rings. The Bertz CT molecular complexity index is 1160. The van der Waals surface area contributed by atoms with Gasteiger partial charge >= 0.3 is 0 Å². The number of furan rings is 1. The largest absolute Gasteiger partial charge is 0.493 e. The fourth-order valence-electron chi connectivity index (χ4n) is 4.17. The lowest BCUT2D eigenvalue weighted by atomic mass is 9.94. The van der Waals surface area contributed by atoms with Crippen molar-refractivity contribution in [3.05, 3.63) is 70.5 Å². The van der Waals surface area contributed by atoms with Gasteiger partial charge in [0.25, 0.3) is 11.9 Å². The fraction of sp³-hybridized carbons (Fsp3) is 0.370. The van der Waals surface area contributed by atoms with Gasteiger partial charge in [0.15, 0.2) is 17.3 Å². The molecule has 4 rings (SSSR count). The van der Waals surface area contributed by atoms with E-state index >= 15 is 0 Å². The second-order valence-corrected chi connectivity index (χ2v) is 8.86. The van der Waals surface area contributed by atoms with Crippen molar-refractivity contribution in [1.29, 1.82) is 0 Å². The van der Waals surface area contributed by atoms with E-state index in [2.05, 4.69) is 19.9 Å². The molecule has 33 heavy (non-hydrogen) atoms. The van der Waals surface area contributed by atoms with E-state index in [4.69, 9.17) is 18.6 Å². The lowest BCUT2D eigenvalue weighted by molar-refractivity contribution is 0.0620. The normalized spacial score (nSPS) is 15.4. The molecular weight excluding hydrogens is 418 g/mol. The minimum Gasteiger partial charge on any atom is -0.493 e. The number of carbonyl (C=O) groups is 1. The van der Waals surface area contributed by atoms with Crippen molar-refractivity contribution in [2.75, 3.05) is 14.2 Å². The van der Waals surface area contributed by atoms with E-state index in [0.717, 1.165) is 28.9 Å². The first kappa shape index (κ1) is 22.8. The molecule has 0 aliphatic carbocycles. The number of aryl methyl sites for hydroxylation is 1. The third-order valence-corrected chi connectivity index (χ3v) is 6.24. The zero-order valence-corrected chi connectivity index (χ0v) is 20.1. The van der Waals surface area contributed by atoms with Crippen molar-refractivity contribution in [3.63, 3.8) is 0 Å². The predicted octanol–water partition coefficient (Wildman–Crippen LogP) is 6.11. The van der Waals surface area contributed by atoms with Crippen LogP contribution in [0.2, 0.25) is 0 Å². The third-order valence-electron chi connectivity index (χ3n) is 6.24. The Morgan fingerprint density at radius 1 is 1.00 bits per heavy atom. The van der Waals surface area contributed by atoms with Crippen molar-refractivity contribution in [2.45, 2.75) is 52.6 Å². The second-order valence-electron chi connectivity index (χ2n) is 8.86. The summed E-state index contributed by atoms with van der Waals surface area (Å²) in [5.74, 6) is 2.89. The van der Waals surface area contributed by atoms with Gasteiger partial charge in [0.1, 0.15) is 5.75 Å². The van der Waals surface area contributed by atoms with Crippen LogP contribution in [0.1, 0.15) is 59.5 Å². The van der Waals surface area contributed by atoms with Gasteiger partial charge in [-0.25, -0.2) is 0 Å². The summed E-state index contributed by atoms with van der Waals surface area (Å²) in [6.07, 6.45) is 0.729. The van der Waals surface area contributed by atoms with E-state index in [9.17, 15) is 4.79 Å². The van der Waals surface area contributed by atoms with Crippen LogP contribution in [0.5, 0.6) is 23.2 Å². The van der Waals surface area contributed by atoms with Gasteiger partial charge in [0.05, 0.1) is 14.2 Å². The number of nitrogens with zero attached hydrogens (tertiary/aromatic N) is 1. The monoisotopic (exact) mass is 449 g/mol. The van der Waals surface area contributed by atoms with Crippen LogP contribution in [0, 0.1) is 6.92 Å². The predicted molar refractivity (Wildman–Crippen MR) is 127 cm³/mol. The number of hydrogen-bond donors (Lipinski definition) is 0. The molecule has 0 saturated carbocycles. The van der Waals surface area contributed by atoms with Crippen molar-refractivity contribution in [1.82, 2.24) is 4.90 Å². The fourth-order valence-corrected chi connectivity index (χ4v) is 4.17. The summed E-state index contributed by atoms with van der Waals surface area (Å²) in [4.78, 5) is 15.1. The average molecular weight is 450 g/mol. The first-order chi connectivity index (χ1) is 15.8. The molecular formula is C27H31NO5. The summed E-state index contributed by atoms with van der Waals surface area (Å²) < 4.78 is 22.7. The molecule has 0 saturated heterocycles. The minimum absolute atomic E-state index is 0.0162. The highest BCUT2D eigenvalue weighted by atomic mass is 16.6. The Morgan fingerprint density at radius 2 is 1.70 bits per heavy atom. The summed E-state index contributed by atoms with van der Waals surface area (Å²) in [6, 6.07) is 13.5. The number of fused-ring (bicyclic) bond motifs is 1. The first-order valence-electron chi connectivity index (χ1n) is 11.2. The van der Waals surface area contributed by atoms with Crippen LogP contribution in [-0.4, -0.2) is 31.1 Å². The Kier molecular flexibility index (Phi) is 6.36. The Labute approximate surface area is 195 Å². The number of benzene rings is 2. The van der Waals surface area contributed by atoms with Crippen LogP contribution >= 0.6 is 0 Å². The Hall–Kier alpha value is -3.41. The molecule has 1 amide bonds. The molecule has 1 atom stereocenters. The van der Waals surface area contributed by atoms with Gasteiger partial charge in [-0.1, -0.05) is 26.0 Å². The summed E-state index contributed by atoms with van der Waals surface area (Å²) in [5, 5.41) is 0. The molecule has 6 heteroatoms. The summed E-state index contributed by atoms with van der Waals surface area (Å²) in [5.41, 5.74) is 4.40. The Balaban J connectivity index is 1.54. The molecule has 1 unspecified atom stereocenters. The SMILES string of the molecule is COc1cc2c(cc1OC)CN(C(=O)c1ccc(Oc3cc(C(C)C)ccc3C)o1)C(C)C2. The van der Waals surface area contributed by atoms with Gasteiger partial charge < -0.3 is 23.5 Å². The van der Waals surface area contributed by atoms with E-state index < -0.39 is 0 Å². The highest BCUT2D eigenvalue weighted by molar-refractivity contribution is 5.92. The van der Waals surface area contributed by atoms with Gasteiger partial charge in [-0.05, 0) is 72.7 Å². The average Bonchev–Trinajstić information content (AvgIpc) is 3.27. The molecule has 0 radical (unpaired) electrons. The minimum atomic E-state index is -0.162. The summed E-state index contributed by atoms with van der Waals surface area (Å²) in [6.45, 7) is 8.79. The quantitative estimate of drug-likeness (QED) is 0.454. The van der Waals surface area contributed by atoms with E-state index in [1.165, 1.54) is 5.56 Å². The maximum absolute atomic E-state index is 13.3. The molecule has 174 valence electrons.